The molecule has 0 spiro atoms. The molecule has 100 valence electrons. The number of hydrogen-bond acceptors (Lipinski definition) is 2. The lowest BCUT2D eigenvalue weighted by Gasteiger charge is -2.36. The van der Waals surface area contributed by atoms with Gasteiger partial charge in [-0.15, -0.1) is 0 Å². The van der Waals surface area contributed by atoms with Crippen LogP contribution in [0.4, 0.5) is 5.69 Å². The predicted molar refractivity (Wildman–Crippen MR) is 79.2 cm³/mol. The molecule has 0 aliphatic heterocycles. The Morgan fingerprint density at radius 3 is 2.44 bits per heavy atom. The van der Waals surface area contributed by atoms with Gasteiger partial charge in [-0.2, -0.15) is 0 Å². The fourth-order valence-corrected chi connectivity index (χ4v) is 2.46. The van der Waals surface area contributed by atoms with Crippen LogP contribution in [0.15, 0.2) is 24.3 Å². The van der Waals surface area contributed by atoms with Gasteiger partial charge < -0.3 is 10.2 Å². The minimum atomic E-state index is 0.452. The van der Waals surface area contributed by atoms with Crippen molar-refractivity contribution in [3.8, 4) is 0 Å². The lowest BCUT2D eigenvalue weighted by atomic mass is 9.91. The third kappa shape index (κ3) is 3.05. The van der Waals surface area contributed by atoms with E-state index in [0.717, 1.165) is 12.6 Å². The van der Waals surface area contributed by atoms with Crippen molar-refractivity contribution >= 4 is 5.69 Å². The first-order valence-electron chi connectivity index (χ1n) is 7.28. The summed E-state index contributed by atoms with van der Waals surface area (Å²) in [5, 5.41) is 3.53. The van der Waals surface area contributed by atoms with E-state index < -0.39 is 0 Å². The summed E-state index contributed by atoms with van der Waals surface area (Å²) in [5.41, 5.74) is 2.74. The molecule has 1 aliphatic carbocycles. The van der Waals surface area contributed by atoms with E-state index in [9.17, 15) is 0 Å². The third-order valence-electron chi connectivity index (χ3n) is 4.12. The molecule has 1 N–H and O–H groups in total. The Hall–Kier alpha value is -1.02. The van der Waals surface area contributed by atoms with Crippen LogP contribution in [-0.4, -0.2) is 19.6 Å². The minimum Gasteiger partial charge on any atom is -0.372 e. The van der Waals surface area contributed by atoms with Crippen molar-refractivity contribution in [3.63, 3.8) is 0 Å². The average Bonchev–Trinajstić information content (AvgIpc) is 2.34. The number of nitrogens with one attached hydrogen (secondary N) is 1. The highest BCUT2D eigenvalue weighted by Gasteiger charge is 2.22. The Kier molecular flexibility index (Phi) is 4.65. The van der Waals surface area contributed by atoms with Crippen molar-refractivity contribution in [2.45, 2.75) is 51.6 Å². The molecule has 1 atom stereocenters. The molecule has 2 nitrogen and oxygen atoms in total. The number of anilines is 1. The molecule has 0 saturated heterocycles. The average molecular weight is 246 g/mol. The summed E-state index contributed by atoms with van der Waals surface area (Å²) in [6, 6.07) is 10.3. The summed E-state index contributed by atoms with van der Waals surface area (Å²) in [7, 11) is 2.22. The Morgan fingerprint density at radius 2 is 1.94 bits per heavy atom. The molecule has 1 aromatic carbocycles. The van der Waals surface area contributed by atoms with Crippen LogP contribution >= 0.6 is 0 Å². The van der Waals surface area contributed by atoms with Gasteiger partial charge in [-0.3, -0.25) is 0 Å². The largest absolute Gasteiger partial charge is 0.372 e. The lowest BCUT2D eigenvalue weighted by molar-refractivity contribution is 0.401. The smallest absolute Gasteiger partial charge is 0.0366 e. The topological polar surface area (TPSA) is 15.3 Å². The first-order valence-corrected chi connectivity index (χ1v) is 7.28. The van der Waals surface area contributed by atoms with Crippen LogP contribution < -0.4 is 10.2 Å². The van der Waals surface area contributed by atoms with Crippen LogP contribution in [0.1, 0.15) is 51.1 Å². The second kappa shape index (κ2) is 6.24. The summed E-state index contributed by atoms with van der Waals surface area (Å²) < 4.78 is 0. The molecular weight excluding hydrogens is 220 g/mol. The summed E-state index contributed by atoms with van der Waals surface area (Å²) >= 11 is 0. The van der Waals surface area contributed by atoms with Gasteiger partial charge in [-0.25, -0.2) is 0 Å². The fraction of sp³-hybridized carbons (Fsp3) is 0.625. The molecule has 2 heteroatoms. The molecule has 1 fully saturated rings. The SMILES string of the molecule is CCCNC(C)c1ccc(N(C)C2CCC2)cc1. The summed E-state index contributed by atoms with van der Waals surface area (Å²) in [5.74, 6) is 0. The van der Waals surface area contributed by atoms with E-state index in [0.29, 0.717) is 6.04 Å². The highest BCUT2D eigenvalue weighted by molar-refractivity contribution is 5.48. The standard InChI is InChI=1S/C16H26N2/c1-4-12-17-13(2)14-8-10-16(11-9-14)18(3)15-6-5-7-15/h8-11,13,15,17H,4-7,12H2,1-3H3. The number of nitrogens with zero attached hydrogens (tertiary/aromatic N) is 1. The van der Waals surface area contributed by atoms with Gasteiger partial charge in [0.2, 0.25) is 0 Å². The second-order valence-electron chi connectivity index (χ2n) is 5.46. The maximum atomic E-state index is 3.53. The minimum absolute atomic E-state index is 0.452. The molecule has 0 radical (unpaired) electrons. The van der Waals surface area contributed by atoms with Crippen molar-refractivity contribution in [1.82, 2.24) is 5.32 Å². The molecule has 1 aromatic rings. The van der Waals surface area contributed by atoms with E-state index in [2.05, 4.69) is 55.4 Å². The van der Waals surface area contributed by atoms with Crippen molar-refractivity contribution in [1.29, 1.82) is 0 Å². The van der Waals surface area contributed by atoms with Crippen LogP contribution in [0.25, 0.3) is 0 Å². The molecule has 1 saturated carbocycles. The number of rotatable bonds is 6. The second-order valence-corrected chi connectivity index (χ2v) is 5.46. The molecule has 18 heavy (non-hydrogen) atoms. The molecule has 2 rings (SSSR count). The first kappa shape index (κ1) is 13.4. The molecule has 1 unspecified atom stereocenters. The van der Waals surface area contributed by atoms with Crippen LogP contribution in [0.5, 0.6) is 0 Å². The maximum Gasteiger partial charge on any atom is 0.0366 e. The van der Waals surface area contributed by atoms with E-state index in [4.69, 9.17) is 0 Å². The normalized spacial score (nSPS) is 17.3. The number of benzene rings is 1. The van der Waals surface area contributed by atoms with E-state index in [1.165, 1.54) is 36.9 Å². The zero-order valence-corrected chi connectivity index (χ0v) is 11.9. The van der Waals surface area contributed by atoms with Crippen molar-refractivity contribution in [3.05, 3.63) is 29.8 Å². The Morgan fingerprint density at radius 1 is 1.28 bits per heavy atom. The van der Waals surface area contributed by atoms with Crippen LogP contribution in [0.2, 0.25) is 0 Å². The molecular formula is C16H26N2. The van der Waals surface area contributed by atoms with Gasteiger partial charge in [0.15, 0.2) is 0 Å². The van der Waals surface area contributed by atoms with Crippen molar-refractivity contribution in [2.75, 3.05) is 18.5 Å². The van der Waals surface area contributed by atoms with E-state index >= 15 is 0 Å². The van der Waals surface area contributed by atoms with Crippen molar-refractivity contribution in [2.24, 2.45) is 0 Å². The summed E-state index contributed by atoms with van der Waals surface area (Å²) in [6.07, 6.45) is 5.29. The maximum absolute atomic E-state index is 3.53. The summed E-state index contributed by atoms with van der Waals surface area (Å²) in [4.78, 5) is 2.43. The highest BCUT2D eigenvalue weighted by Crippen LogP contribution is 2.28. The van der Waals surface area contributed by atoms with Gasteiger partial charge in [0.05, 0.1) is 0 Å². The van der Waals surface area contributed by atoms with Crippen molar-refractivity contribution < 1.29 is 0 Å². The van der Waals surface area contributed by atoms with Gasteiger partial charge >= 0.3 is 0 Å². The lowest BCUT2D eigenvalue weighted by Crippen LogP contribution is -2.37. The zero-order valence-electron chi connectivity index (χ0n) is 11.9. The number of hydrogen-bond donors (Lipinski definition) is 1. The molecule has 0 bridgehead atoms. The fourth-order valence-electron chi connectivity index (χ4n) is 2.46. The highest BCUT2D eigenvalue weighted by atomic mass is 15.1. The quantitative estimate of drug-likeness (QED) is 0.822. The van der Waals surface area contributed by atoms with E-state index in [-0.39, 0.29) is 0 Å². The third-order valence-corrected chi connectivity index (χ3v) is 4.12. The Balaban J connectivity index is 1.95. The molecule has 0 aromatic heterocycles. The molecule has 0 amide bonds. The molecule has 0 heterocycles. The van der Waals surface area contributed by atoms with Gasteiger partial charge in [0, 0.05) is 24.8 Å². The Bertz CT molecular complexity index is 354. The van der Waals surface area contributed by atoms with E-state index in [1.54, 1.807) is 0 Å². The predicted octanol–water partition coefficient (Wildman–Crippen LogP) is 3.74. The Labute approximate surface area is 111 Å². The van der Waals surface area contributed by atoms with Crippen LogP contribution in [0.3, 0.4) is 0 Å². The zero-order chi connectivity index (χ0) is 13.0. The van der Waals surface area contributed by atoms with Gasteiger partial charge in [0.25, 0.3) is 0 Å². The van der Waals surface area contributed by atoms with Gasteiger partial charge in [-0.05, 0) is 56.8 Å². The van der Waals surface area contributed by atoms with Gasteiger partial charge in [0.1, 0.15) is 0 Å². The first-order chi connectivity index (χ1) is 8.72. The van der Waals surface area contributed by atoms with Crippen LogP contribution in [0, 0.1) is 0 Å². The summed E-state index contributed by atoms with van der Waals surface area (Å²) in [6.45, 7) is 5.53. The van der Waals surface area contributed by atoms with Crippen LogP contribution in [-0.2, 0) is 0 Å². The monoisotopic (exact) mass is 246 g/mol. The van der Waals surface area contributed by atoms with E-state index in [1.807, 2.05) is 0 Å². The van der Waals surface area contributed by atoms with Gasteiger partial charge in [-0.1, -0.05) is 19.1 Å². The molecule has 1 aliphatic rings.